The molecule has 1 rings (SSSR count). The van der Waals surface area contributed by atoms with Crippen molar-refractivity contribution in [2.24, 2.45) is 0 Å². The molecule has 0 aliphatic heterocycles. The molecule has 2 nitrogen and oxygen atoms in total. The summed E-state index contributed by atoms with van der Waals surface area (Å²) in [6.45, 7) is 6.41. The van der Waals surface area contributed by atoms with Crippen molar-refractivity contribution < 1.29 is 5.11 Å². The summed E-state index contributed by atoms with van der Waals surface area (Å²) in [5.41, 5.74) is 8.56. The minimum Gasteiger partial charge on any atom is -0.399 e. The Morgan fingerprint density at radius 3 is 2.38 bits per heavy atom. The monoisotopic (exact) mass is 179 g/mol. The van der Waals surface area contributed by atoms with E-state index in [2.05, 4.69) is 20.8 Å². The zero-order valence-electron chi connectivity index (χ0n) is 8.46. The number of benzene rings is 1. The third kappa shape index (κ3) is 2.22. The standard InChI is InChI=1S/C11H17NO/c1-11(2,3)10-6-9(12)5-4-8(10)7-13/h4-6,13H,7,12H2,1-3H3. The van der Waals surface area contributed by atoms with Crippen LogP contribution in [0, 0.1) is 0 Å². The van der Waals surface area contributed by atoms with E-state index in [1.54, 1.807) is 0 Å². The average molecular weight is 179 g/mol. The van der Waals surface area contributed by atoms with Crippen LogP contribution in [0.4, 0.5) is 5.69 Å². The van der Waals surface area contributed by atoms with Crippen molar-refractivity contribution in [3.05, 3.63) is 29.3 Å². The molecule has 0 saturated carbocycles. The molecule has 0 bridgehead atoms. The van der Waals surface area contributed by atoms with Gasteiger partial charge >= 0.3 is 0 Å². The van der Waals surface area contributed by atoms with Crippen molar-refractivity contribution in [3.63, 3.8) is 0 Å². The molecule has 0 heterocycles. The third-order valence-electron chi connectivity index (χ3n) is 2.11. The van der Waals surface area contributed by atoms with Crippen molar-refractivity contribution in [1.82, 2.24) is 0 Å². The molecule has 1 aromatic rings. The summed E-state index contributed by atoms with van der Waals surface area (Å²) < 4.78 is 0. The maximum atomic E-state index is 9.13. The van der Waals surface area contributed by atoms with Crippen LogP contribution in [-0.4, -0.2) is 5.11 Å². The summed E-state index contributed by atoms with van der Waals surface area (Å²) in [7, 11) is 0. The predicted molar refractivity (Wildman–Crippen MR) is 55.5 cm³/mol. The molecule has 0 aliphatic carbocycles. The second kappa shape index (κ2) is 3.38. The van der Waals surface area contributed by atoms with E-state index in [1.165, 1.54) is 0 Å². The summed E-state index contributed by atoms with van der Waals surface area (Å²) in [6, 6.07) is 5.64. The first-order valence-corrected chi connectivity index (χ1v) is 4.45. The molecule has 13 heavy (non-hydrogen) atoms. The van der Waals surface area contributed by atoms with Gasteiger partial charge in [-0.25, -0.2) is 0 Å². The van der Waals surface area contributed by atoms with Gasteiger partial charge in [0.15, 0.2) is 0 Å². The smallest absolute Gasteiger partial charge is 0.0684 e. The molecular weight excluding hydrogens is 162 g/mol. The van der Waals surface area contributed by atoms with Crippen LogP contribution in [0.25, 0.3) is 0 Å². The van der Waals surface area contributed by atoms with Gasteiger partial charge in [-0.15, -0.1) is 0 Å². The Balaban J connectivity index is 3.24. The highest BCUT2D eigenvalue weighted by Crippen LogP contribution is 2.27. The fraction of sp³-hybridized carbons (Fsp3) is 0.455. The van der Waals surface area contributed by atoms with Crippen LogP contribution in [0.2, 0.25) is 0 Å². The first kappa shape index (κ1) is 10.1. The van der Waals surface area contributed by atoms with E-state index in [4.69, 9.17) is 10.8 Å². The SMILES string of the molecule is CC(C)(C)c1cc(N)ccc1CO. The lowest BCUT2D eigenvalue weighted by atomic mass is 9.83. The maximum Gasteiger partial charge on any atom is 0.0684 e. The Morgan fingerprint density at radius 2 is 1.92 bits per heavy atom. The van der Waals surface area contributed by atoms with Gasteiger partial charge in [0.1, 0.15) is 0 Å². The second-order valence-corrected chi connectivity index (χ2v) is 4.32. The van der Waals surface area contributed by atoms with E-state index in [-0.39, 0.29) is 12.0 Å². The van der Waals surface area contributed by atoms with E-state index in [0.29, 0.717) is 0 Å². The van der Waals surface area contributed by atoms with Gasteiger partial charge in [-0.05, 0) is 28.7 Å². The van der Waals surface area contributed by atoms with Gasteiger partial charge in [0.2, 0.25) is 0 Å². The Hall–Kier alpha value is -1.02. The zero-order valence-corrected chi connectivity index (χ0v) is 8.46. The number of nitrogens with two attached hydrogens (primary N) is 1. The molecule has 0 spiro atoms. The third-order valence-corrected chi connectivity index (χ3v) is 2.11. The molecule has 0 radical (unpaired) electrons. The lowest BCUT2D eigenvalue weighted by Gasteiger charge is -2.22. The summed E-state index contributed by atoms with van der Waals surface area (Å²) in [5.74, 6) is 0. The Kier molecular flexibility index (Phi) is 2.62. The normalized spacial score (nSPS) is 11.7. The number of aliphatic hydroxyl groups excluding tert-OH is 1. The van der Waals surface area contributed by atoms with Crippen LogP contribution in [-0.2, 0) is 12.0 Å². The van der Waals surface area contributed by atoms with Crippen LogP contribution < -0.4 is 5.73 Å². The fourth-order valence-electron chi connectivity index (χ4n) is 1.43. The van der Waals surface area contributed by atoms with E-state index >= 15 is 0 Å². The molecule has 72 valence electrons. The van der Waals surface area contributed by atoms with Crippen LogP contribution in [0.5, 0.6) is 0 Å². The van der Waals surface area contributed by atoms with Crippen molar-refractivity contribution >= 4 is 5.69 Å². The molecule has 0 aromatic heterocycles. The molecule has 0 fully saturated rings. The topological polar surface area (TPSA) is 46.2 Å². The summed E-state index contributed by atoms with van der Waals surface area (Å²) >= 11 is 0. The number of hydrogen-bond acceptors (Lipinski definition) is 2. The number of hydrogen-bond donors (Lipinski definition) is 2. The van der Waals surface area contributed by atoms with Crippen molar-refractivity contribution in [2.75, 3.05) is 5.73 Å². The van der Waals surface area contributed by atoms with E-state index in [1.807, 2.05) is 18.2 Å². The molecule has 0 amide bonds. The van der Waals surface area contributed by atoms with Gasteiger partial charge in [-0.2, -0.15) is 0 Å². The molecule has 3 N–H and O–H groups in total. The van der Waals surface area contributed by atoms with Gasteiger partial charge in [0, 0.05) is 5.69 Å². The van der Waals surface area contributed by atoms with Crippen LogP contribution in [0.3, 0.4) is 0 Å². The van der Waals surface area contributed by atoms with Crippen LogP contribution in [0.1, 0.15) is 31.9 Å². The van der Waals surface area contributed by atoms with Gasteiger partial charge in [0.05, 0.1) is 6.61 Å². The van der Waals surface area contributed by atoms with E-state index in [0.717, 1.165) is 16.8 Å². The van der Waals surface area contributed by atoms with Gasteiger partial charge in [-0.3, -0.25) is 0 Å². The predicted octanol–water partition coefficient (Wildman–Crippen LogP) is 2.06. The zero-order chi connectivity index (χ0) is 10.1. The number of anilines is 1. The lowest BCUT2D eigenvalue weighted by molar-refractivity contribution is 0.278. The average Bonchev–Trinajstić information content (AvgIpc) is 2.03. The van der Waals surface area contributed by atoms with Gasteiger partial charge in [0.25, 0.3) is 0 Å². The van der Waals surface area contributed by atoms with Gasteiger partial charge < -0.3 is 10.8 Å². The van der Waals surface area contributed by atoms with Gasteiger partial charge in [-0.1, -0.05) is 26.8 Å². The highest BCUT2D eigenvalue weighted by Gasteiger charge is 2.17. The van der Waals surface area contributed by atoms with Crippen molar-refractivity contribution in [1.29, 1.82) is 0 Å². The molecule has 2 heteroatoms. The van der Waals surface area contributed by atoms with E-state index < -0.39 is 0 Å². The molecular formula is C11H17NO. The minimum atomic E-state index is 0.0352. The highest BCUT2D eigenvalue weighted by atomic mass is 16.3. The highest BCUT2D eigenvalue weighted by molar-refractivity contribution is 5.47. The van der Waals surface area contributed by atoms with Crippen LogP contribution in [0.15, 0.2) is 18.2 Å². The Labute approximate surface area is 79.4 Å². The first-order valence-electron chi connectivity index (χ1n) is 4.45. The summed E-state index contributed by atoms with van der Waals surface area (Å²) in [6.07, 6.45) is 0. The first-order chi connectivity index (χ1) is 5.95. The fourth-order valence-corrected chi connectivity index (χ4v) is 1.43. The summed E-state index contributed by atoms with van der Waals surface area (Å²) in [4.78, 5) is 0. The Bertz CT molecular complexity index is 299. The largest absolute Gasteiger partial charge is 0.399 e. The molecule has 1 aromatic carbocycles. The van der Waals surface area contributed by atoms with Crippen molar-refractivity contribution in [3.8, 4) is 0 Å². The number of rotatable bonds is 1. The number of aliphatic hydroxyl groups is 1. The van der Waals surface area contributed by atoms with E-state index in [9.17, 15) is 0 Å². The molecule has 0 aliphatic rings. The minimum absolute atomic E-state index is 0.0352. The quantitative estimate of drug-likeness (QED) is 0.648. The Morgan fingerprint density at radius 1 is 1.31 bits per heavy atom. The summed E-state index contributed by atoms with van der Waals surface area (Å²) in [5, 5.41) is 9.13. The maximum absolute atomic E-state index is 9.13. The molecule has 0 unspecified atom stereocenters. The molecule has 0 atom stereocenters. The second-order valence-electron chi connectivity index (χ2n) is 4.32. The number of nitrogen functional groups attached to an aromatic ring is 1. The lowest BCUT2D eigenvalue weighted by Crippen LogP contribution is -2.14. The molecule has 0 saturated heterocycles. The van der Waals surface area contributed by atoms with Crippen LogP contribution >= 0.6 is 0 Å². The van der Waals surface area contributed by atoms with Crippen molar-refractivity contribution in [2.45, 2.75) is 32.8 Å².